The van der Waals surface area contributed by atoms with E-state index in [1.165, 1.54) is 10.4 Å². The molecule has 0 atom stereocenters. The zero-order chi connectivity index (χ0) is 10.5. The van der Waals surface area contributed by atoms with Gasteiger partial charge in [0.1, 0.15) is 12.4 Å². The second-order valence-electron chi connectivity index (χ2n) is 3.23. The average molecular weight is 256 g/mol. The van der Waals surface area contributed by atoms with Gasteiger partial charge in [-0.2, -0.15) is 0 Å². The van der Waals surface area contributed by atoms with Crippen molar-refractivity contribution in [2.75, 3.05) is 0 Å². The minimum Gasteiger partial charge on any atom is -0.489 e. The van der Waals surface area contributed by atoms with E-state index in [1.807, 2.05) is 30.3 Å². The smallest absolute Gasteiger partial charge is 0.119 e. The van der Waals surface area contributed by atoms with Gasteiger partial charge in [-0.3, -0.25) is 0 Å². The van der Waals surface area contributed by atoms with Crippen LogP contribution in [0.15, 0.2) is 41.8 Å². The second-order valence-corrected chi connectivity index (χ2v) is 4.22. The molecule has 4 heteroatoms. The first-order valence-electron chi connectivity index (χ1n) is 4.82. The first-order chi connectivity index (χ1) is 7.38. The SMILES string of the molecule is Cl.NCc1cc(COc2ccccc2)cs1. The highest BCUT2D eigenvalue weighted by molar-refractivity contribution is 7.10. The number of thiophene rings is 1. The van der Waals surface area contributed by atoms with Crippen molar-refractivity contribution in [2.45, 2.75) is 13.2 Å². The molecule has 86 valence electrons. The minimum atomic E-state index is 0. The maximum atomic E-state index is 5.62. The molecular weight excluding hydrogens is 242 g/mol. The van der Waals surface area contributed by atoms with Crippen molar-refractivity contribution < 1.29 is 4.74 Å². The molecule has 2 aromatic rings. The highest BCUT2D eigenvalue weighted by Crippen LogP contribution is 2.16. The molecule has 0 radical (unpaired) electrons. The van der Waals surface area contributed by atoms with Crippen LogP contribution in [0.25, 0.3) is 0 Å². The van der Waals surface area contributed by atoms with Crippen molar-refractivity contribution in [2.24, 2.45) is 5.73 Å². The lowest BCUT2D eigenvalue weighted by Gasteiger charge is -2.03. The number of hydrogen-bond acceptors (Lipinski definition) is 3. The quantitative estimate of drug-likeness (QED) is 0.911. The molecule has 1 aromatic heterocycles. The summed E-state index contributed by atoms with van der Waals surface area (Å²) in [4.78, 5) is 1.20. The van der Waals surface area contributed by atoms with Crippen molar-refractivity contribution in [3.8, 4) is 5.75 Å². The zero-order valence-electron chi connectivity index (χ0n) is 8.76. The van der Waals surface area contributed by atoms with Crippen molar-refractivity contribution in [1.29, 1.82) is 0 Å². The molecule has 0 saturated heterocycles. The van der Waals surface area contributed by atoms with Gasteiger partial charge in [-0.15, -0.1) is 23.7 Å². The molecule has 1 heterocycles. The Morgan fingerprint density at radius 3 is 2.56 bits per heavy atom. The summed E-state index contributed by atoms with van der Waals surface area (Å²) in [5.41, 5.74) is 6.72. The molecule has 0 aliphatic carbocycles. The molecular formula is C12H14ClNOS. The summed E-state index contributed by atoms with van der Waals surface area (Å²) >= 11 is 1.68. The predicted molar refractivity (Wildman–Crippen MR) is 70.2 cm³/mol. The van der Waals surface area contributed by atoms with Crippen molar-refractivity contribution in [1.82, 2.24) is 0 Å². The Bertz CT molecular complexity index is 416. The fourth-order valence-corrected chi connectivity index (χ4v) is 2.05. The Morgan fingerprint density at radius 1 is 1.19 bits per heavy atom. The second kappa shape index (κ2) is 6.53. The van der Waals surface area contributed by atoms with E-state index in [2.05, 4.69) is 11.4 Å². The molecule has 1 aromatic carbocycles. The van der Waals surface area contributed by atoms with E-state index in [4.69, 9.17) is 10.5 Å². The van der Waals surface area contributed by atoms with Gasteiger partial charge in [-0.1, -0.05) is 18.2 Å². The molecule has 0 amide bonds. The Hall–Kier alpha value is -1.03. The Labute approximate surface area is 105 Å². The standard InChI is InChI=1S/C12H13NOS.ClH/c13-7-12-6-10(9-15-12)8-14-11-4-2-1-3-5-11;/h1-6,9H,7-8,13H2;1H. The van der Waals surface area contributed by atoms with Crippen LogP contribution >= 0.6 is 23.7 Å². The van der Waals surface area contributed by atoms with Gasteiger partial charge in [0.2, 0.25) is 0 Å². The van der Waals surface area contributed by atoms with Crippen LogP contribution in [-0.2, 0) is 13.2 Å². The molecule has 0 unspecified atom stereocenters. The molecule has 2 N–H and O–H groups in total. The highest BCUT2D eigenvalue weighted by Gasteiger charge is 1.99. The topological polar surface area (TPSA) is 35.2 Å². The first-order valence-corrected chi connectivity index (χ1v) is 5.70. The van der Waals surface area contributed by atoms with Gasteiger partial charge in [0.25, 0.3) is 0 Å². The van der Waals surface area contributed by atoms with Crippen LogP contribution in [0.3, 0.4) is 0 Å². The fraction of sp³-hybridized carbons (Fsp3) is 0.167. The third-order valence-corrected chi connectivity index (χ3v) is 3.07. The minimum absolute atomic E-state index is 0. The average Bonchev–Trinajstić information content (AvgIpc) is 2.76. The van der Waals surface area contributed by atoms with Crippen LogP contribution in [0.2, 0.25) is 0 Å². The van der Waals surface area contributed by atoms with E-state index in [9.17, 15) is 0 Å². The Balaban J connectivity index is 0.00000128. The maximum Gasteiger partial charge on any atom is 0.119 e. The van der Waals surface area contributed by atoms with Gasteiger partial charge < -0.3 is 10.5 Å². The number of benzene rings is 1. The van der Waals surface area contributed by atoms with Gasteiger partial charge >= 0.3 is 0 Å². The summed E-state index contributed by atoms with van der Waals surface area (Å²) in [6.07, 6.45) is 0. The number of halogens is 1. The van der Waals surface area contributed by atoms with Crippen molar-refractivity contribution in [3.63, 3.8) is 0 Å². The Morgan fingerprint density at radius 2 is 1.94 bits per heavy atom. The number of rotatable bonds is 4. The summed E-state index contributed by atoms with van der Waals surface area (Å²) in [7, 11) is 0. The number of hydrogen-bond donors (Lipinski definition) is 1. The Kier molecular flexibility index (Phi) is 5.32. The maximum absolute atomic E-state index is 5.62. The van der Waals surface area contributed by atoms with Gasteiger partial charge in [-0.25, -0.2) is 0 Å². The van der Waals surface area contributed by atoms with E-state index in [0.29, 0.717) is 13.2 Å². The summed E-state index contributed by atoms with van der Waals surface area (Å²) < 4.78 is 5.62. The normalized spacial score (nSPS) is 9.56. The summed E-state index contributed by atoms with van der Waals surface area (Å²) in [5, 5.41) is 2.09. The lowest BCUT2D eigenvalue weighted by molar-refractivity contribution is 0.306. The van der Waals surface area contributed by atoms with E-state index >= 15 is 0 Å². The third kappa shape index (κ3) is 3.52. The largest absolute Gasteiger partial charge is 0.489 e. The fourth-order valence-electron chi connectivity index (χ4n) is 1.29. The van der Waals surface area contributed by atoms with Crippen LogP contribution < -0.4 is 10.5 Å². The van der Waals surface area contributed by atoms with E-state index in [-0.39, 0.29) is 12.4 Å². The number of ether oxygens (including phenoxy) is 1. The van der Waals surface area contributed by atoms with Crippen molar-refractivity contribution in [3.05, 3.63) is 52.2 Å². The molecule has 0 spiro atoms. The monoisotopic (exact) mass is 255 g/mol. The van der Waals surface area contributed by atoms with Crippen LogP contribution in [0.5, 0.6) is 5.75 Å². The van der Waals surface area contributed by atoms with E-state index < -0.39 is 0 Å². The summed E-state index contributed by atoms with van der Waals surface area (Å²) in [6, 6.07) is 11.9. The molecule has 2 rings (SSSR count). The molecule has 0 fully saturated rings. The molecule has 0 saturated carbocycles. The molecule has 16 heavy (non-hydrogen) atoms. The van der Waals surface area contributed by atoms with E-state index in [1.54, 1.807) is 11.3 Å². The van der Waals surface area contributed by atoms with Crippen LogP contribution in [0.1, 0.15) is 10.4 Å². The van der Waals surface area contributed by atoms with Crippen LogP contribution in [0.4, 0.5) is 0 Å². The first kappa shape index (κ1) is 13.0. The summed E-state index contributed by atoms with van der Waals surface area (Å²) in [6.45, 7) is 1.22. The lowest BCUT2D eigenvalue weighted by atomic mass is 10.3. The van der Waals surface area contributed by atoms with Crippen LogP contribution in [-0.4, -0.2) is 0 Å². The van der Waals surface area contributed by atoms with Gasteiger partial charge in [0, 0.05) is 17.0 Å². The molecule has 0 bridgehead atoms. The van der Waals surface area contributed by atoms with E-state index in [0.717, 1.165) is 5.75 Å². The number of para-hydroxylation sites is 1. The summed E-state index contributed by atoms with van der Waals surface area (Å²) in [5.74, 6) is 0.901. The highest BCUT2D eigenvalue weighted by atomic mass is 35.5. The van der Waals surface area contributed by atoms with Gasteiger partial charge in [-0.05, 0) is 23.6 Å². The van der Waals surface area contributed by atoms with Gasteiger partial charge in [0.05, 0.1) is 0 Å². The number of nitrogens with two attached hydrogens (primary N) is 1. The van der Waals surface area contributed by atoms with Gasteiger partial charge in [0.15, 0.2) is 0 Å². The molecule has 0 aliphatic rings. The third-order valence-electron chi connectivity index (χ3n) is 2.06. The lowest BCUT2D eigenvalue weighted by Crippen LogP contribution is -1.94. The predicted octanol–water partition coefficient (Wildman–Crippen LogP) is 3.21. The molecule has 2 nitrogen and oxygen atoms in total. The van der Waals surface area contributed by atoms with Crippen molar-refractivity contribution >= 4 is 23.7 Å². The molecule has 0 aliphatic heterocycles. The zero-order valence-corrected chi connectivity index (χ0v) is 10.4. The van der Waals surface area contributed by atoms with Crippen LogP contribution in [0, 0.1) is 0 Å².